The van der Waals surface area contributed by atoms with Gasteiger partial charge >= 0.3 is 5.97 Å². The summed E-state index contributed by atoms with van der Waals surface area (Å²) in [7, 11) is 1.54. The van der Waals surface area contributed by atoms with Crippen LogP contribution < -0.4 is 10.5 Å². The van der Waals surface area contributed by atoms with E-state index < -0.39 is 5.97 Å². The lowest BCUT2D eigenvalue weighted by atomic mass is 10.2. The molecule has 2 aromatic rings. The maximum atomic E-state index is 12.0. The van der Waals surface area contributed by atoms with Gasteiger partial charge in [0.2, 0.25) is 0 Å². The summed E-state index contributed by atoms with van der Waals surface area (Å²) in [6.45, 7) is 2.36. The van der Waals surface area contributed by atoms with Crippen LogP contribution >= 0.6 is 11.3 Å². The fraction of sp³-hybridized carbons (Fsp3) is 0.267. The minimum atomic E-state index is -0.437. The molecule has 0 aliphatic carbocycles. The molecule has 2 N–H and O–H groups in total. The van der Waals surface area contributed by atoms with Gasteiger partial charge in [0.1, 0.15) is 12.4 Å². The number of carbonyl (C=O) groups excluding carboxylic acids is 1. The maximum absolute atomic E-state index is 12.0. The number of rotatable bonds is 5. The van der Waals surface area contributed by atoms with E-state index in [1.54, 1.807) is 36.6 Å². The molecule has 20 heavy (non-hydrogen) atoms. The van der Waals surface area contributed by atoms with Crippen molar-refractivity contribution in [2.45, 2.75) is 20.0 Å². The van der Waals surface area contributed by atoms with E-state index in [0.29, 0.717) is 17.0 Å². The van der Waals surface area contributed by atoms with Gasteiger partial charge in [-0.15, -0.1) is 11.3 Å². The predicted octanol–water partition coefficient (Wildman–Crippen LogP) is 3.26. The second-order valence-electron chi connectivity index (χ2n) is 4.25. The van der Waals surface area contributed by atoms with Crippen LogP contribution in [0.3, 0.4) is 0 Å². The Balaban J connectivity index is 2.04. The molecule has 2 rings (SSSR count). The summed E-state index contributed by atoms with van der Waals surface area (Å²) < 4.78 is 10.4. The summed E-state index contributed by atoms with van der Waals surface area (Å²) in [5.41, 5.74) is 6.50. The molecule has 1 heterocycles. The Morgan fingerprint density at radius 2 is 2.00 bits per heavy atom. The summed E-state index contributed by atoms with van der Waals surface area (Å²) in [5.74, 6) is 0.142. The van der Waals surface area contributed by atoms with Gasteiger partial charge in [-0.2, -0.15) is 0 Å². The van der Waals surface area contributed by atoms with Gasteiger partial charge in [0, 0.05) is 15.4 Å². The third kappa shape index (κ3) is 3.30. The van der Waals surface area contributed by atoms with Crippen LogP contribution in [-0.4, -0.2) is 13.1 Å². The number of nitrogen functional groups attached to an aromatic ring is 1. The zero-order valence-corrected chi connectivity index (χ0v) is 12.3. The summed E-state index contributed by atoms with van der Waals surface area (Å²) in [5, 5.41) is 0. The van der Waals surface area contributed by atoms with Crippen LogP contribution in [0.5, 0.6) is 5.75 Å². The number of hydrogen-bond acceptors (Lipinski definition) is 5. The van der Waals surface area contributed by atoms with Crippen LogP contribution in [-0.2, 0) is 17.8 Å². The molecule has 0 amide bonds. The minimum Gasteiger partial charge on any atom is -0.497 e. The van der Waals surface area contributed by atoms with Gasteiger partial charge in [-0.3, -0.25) is 0 Å². The average Bonchev–Trinajstić information content (AvgIpc) is 2.93. The van der Waals surface area contributed by atoms with Gasteiger partial charge in [0.05, 0.1) is 12.7 Å². The number of carbonyl (C=O) groups is 1. The fourth-order valence-corrected chi connectivity index (χ4v) is 2.61. The Morgan fingerprint density at radius 3 is 2.65 bits per heavy atom. The lowest BCUT2D eigenvalue weighted by molar-refractivity contribution is 0.0477. The SMILES string of the molecule is CCc1ccc(COC(=O)c2cc(OC)ccc2N)s1. The largest absolute Gasteiger partial charge is 0.497 e. The van der Waals surface area contributed by atoms with Crippen molar-refractivity contribution in [2.24, 2.45) is 0 Å². The van der Waals surface area contributed by atoms with Gasteiger partial charge in [0.15, 0.2) is 0 Å². The number of aryl methyl sites for hydroxylation is 1. The molecule has 1 aromatic heterocycles. The first-order valence-electron chi connectivity index (χ1n) is 6.32. The fourth-order valence-electron chi connectivity index (χ4n) is 1.74. The van der Waals surface area contributed by atoms with Crippen molar-refractivity contribution in [3.8, 4) is 5.75 Å². The number of methoxy groups -OCH3 is 1. The summed E-state index contributed by atoms with van der Waals surface area (Å²) in [6.07, 6.45) is 0.988. The van der Waals surface area contributed by atoms with Crippen LogP contribution in [0.4, 0.5) is 5.69 Å². The Hall–Kier alpha value is -2.01. The van der Waals surface area contributed by atoms with E-state index in [1.807, 2.05) is 12.1 Å². The molecule has 0 aliphatic rings. The van der Waals surface area contributed by atoms with E-state index in [0.717, 1.165) is 11.3 Å². The predicted molar refractivity (Wildman–Crippen MR) is 80.2 cm³/mol. The molecule has 0 unspecified atom stereocenters. The lowest BCUT2D eigenvalue weighted by Gasteiger charge is -2.08. The summed E-state index contributed by atoms with van der Waals surface area (Å²) in [6, 6.07) is 8.96. The zero-order valence-electron chi connectivity index (χ0n) is 11.5. The molecule has 0 spiro atoms. The first-order valence-corrected chi connectivity index (χ1v) is 7.14. The number of anilines is 1. The second kappa shape index (κ2) is 6.43. The van der Waals surface area contributed by atoms with E-state index in [1.165, 1.54) is 4.88 Å². The Kier molecular flexibility index (Phi) is 4.63. The molecule has 1 aromatic carbocycles. The van der Waals surface area contributed by atoms with E-state index in [4.69, 9.17) is 15.2 Å². The first kappa shape index (κ1) is 14.4. The number of ether oxygens (including phenoxy) is 2. The molecular formula is C15H17NO3S. The highest BCUT2D eigenvalue weighted by atomic mass is 32.1. The van der Waals surface area contributed by atoms with Gasteiger partial charge in [-0.05, 0) is 36.8 Å². The van der Waals surface area contributed by atoms with Gasteiger partial charge in [0.25, 0.3) is 0 Å². The summed E-state index contributed by atoms with van der Waals surface area (Å²) in [4.78, 5) is 14.3. The molecule has 0 saturated heterocycles. The van der Waals surface area contributed by atoms with Crippen molar-refractivity contribution in [3.05, 3.63) is 45.6 Å². The number of benzene rings is 1. The maximum Gasteiger partial charge on any atom is 0.340 e. The van der Waals surface area contributed by atoms with Gasteiger partial charge < -0.3 is 15.2 Å². The van der Waals surface area contributed by atoms with Crippen molar-refractivity contribution in [1.82, 2.24) is 0 Å². The zero-order chi connectivity index (χ0) is 14.5. The van der Waals surface area contributed by atoms with Gasteiger partial charge in [-0.25, -0.2) is 4.79 Å². The smallest absolute Gasteiger partial charge is 0.340 e. The van der Waals surface area contributed by atoms with E-state index in [2.05, 4.69) is 6.92 Å². The third-order valence-corrected chi connectivity index (χ3v) is 4.09. The molecule has 0 saturated carbocycles. The summed E-state index contributed by atoms with van der Waals surface area (Å²) >= 11 is 1.65. The van der Waals surface area contributed by atoms with Crippen molar-refractivity contribution in [3.63, 3.8) is 0 Å². The molecule has 106 valence electrons. The highest BCUT2D eigenvalue weighted by Gasteiger charge is 2.13. The lowest BCUT2D eigenvalue weighted by Crippen LogP contribution is -2.08. The topological polar surface area (TPSA) is 61.5 Å². The minimum absolute atomic E-state index is 0.264. The number of nitrogens with two attached hydrogens (primary N) is 1. The Labute approximate surface area is 122 Å². The van der Waals surface area contributed by atoms with Crippen molar-refractivity contribution < 1.29 is 14.3 Å². The van der Waals surface area contributed by atoms with E-state index in [-0.39, 0.29) is 6.61 Å². The average molecular weight is 291 g/mol. The molecule has 0 aliphatic heterocycles. The van der Waals surface area contributed by atoms with Crippen molar-refractivity contribution >= 4 is 23.0 Å². The number of hydrogen-bond donors (Lipinski definition) is 1. The molecule has 0 bridgehead atoms. The monoisotopic (exact) mass is 291 g/mol. The number of esters is 1. The number of thiophene rings is 1. The molecular weight excluding hydrogens is 274 g/mol. The Morgan fingerprint density at radius 1 is 1.25 bits per heavy atom. The van der Waals surface area contributed by atoms with Gasteiger partial charge in [-0.1, -0.05) is 6.92 Å². The van der Waals surface area contributed by atoms with Crippen molar-refractivity contribution in [1.29, 1.82) is 0 Å². The standard InChI is InChI=1S/C15H17NO3S/c1-3-11-5-6-12(20-11)9-19-15(17)13-8-10(18-2)4-7-14(13)16/h4-8H,3,9,16H2,1-2H3. The van der Waals surface area contributed by atoms with Crippen LogP contribution in [0.2, 0.25) is 0 Å². The first-order chi connectivity index (χ1) is 9.63. The quantitative estimate of drug-likeness (QED) is 0.678. The van der Waals surface area contributed by atoms with Crippen LogP contribution in [0, 0.1) is 0 Å². The Bertz CT molecular complexity index is 607. The highest BCUT2D eigenvalue weighted by Crippen LogP contribution is 2.22. The molecule has 0 fully saturated rings. The second-order valence-corrected chi connectivity index (χ2v) is 5.50. The van der Waals surface area contributed by atoms with E-state index >= 15 is 0 Å². The third-order valence-electron chi connectivity index (χ3n) is 2.89. The van der Waals surface area contributed by atoms with Crippen LogP contribution in [0.25, 0.3) is 0 Å². The van der Waals surface area contributed by atoms with Crippen LogP contribution in [0.1, 0.15) is 27.0 Å². The molecule has 0 radical (unpaired) electrons. The van der Waals surface area contributed by atoms with E-state index in [9.17, 15) is 4.79 Å². The normalized spacial score (nSPS) is 10.3. The van der Waals surface area contributed by atoms with Crippen LogP contribution in [0.15, 0.2) is 30.3 Å². The van der Waals surface area contributed by atoms with Crippen molar-refractivity contribution in [2.75, 3.05) is 12.8 Å². The molecule has 4 nitrogen and oxygen atoms in total. The highest BCUT2D eigenvalue weighted by molar-refractivity contribution is 7.11. The molecule has 5 heteroatoms. The molecule has 0 atom stereocenters.